The number of aromatic amines is 1. The number of alkyl halides is 3. The third-order valence-electron chi connectivity index (χ3n) is 2.27. The van der Waals surface area contributed by atoms with Crippen molar-refractivity contribution in [3.05, 3.63) is 17.5 Å². The minimum atomic E-state index is -4.50. The van der Waals surface area contributed by atoms with E-state index >= 15 is 0 Å². The zero-order chi connectivity index (χ0) is 12.3. The molecule has 2 N–H and O–H groups in total. The van der Waals surface area contributed by atoms with E-state index in [-0.39, 0.29) is 6.54 Å². The van der Waals surface area contributed by atoms with Crippen LogP contribution in [-0.4, -0.2) is 22.3 Å². The van der Waals surface area contributed by atoms with Gasteiger partial charge in [-0.25, -0.2) is 0 Å². The van der Waals surface area contributed by atoms with Gasteiger partial charge in [0.2, 0.25) is 5.91 Å². The molecule has 1 heterocycles. The van der Waals surface area contributed by atoms with E-state index in [2.05, 4.69) is 15.5 Å². The number of carbonyl (C=O) groups is 1. The standard InChI is InChI=1S/C9H12F3N3O/c1-5(9(10,11)12)8(16)13-3-7-4-14-15-6(7)2/h4-5H,3H2,1-2H3,(H,13,16)(H,14,15)/t5-/m1/s1. The summed E-state index contributed by atoms with van der Waals surface area (Å²) in [5.41, 5.74) is 1.39. The van der Waals surface area contributed by atoms with Crippen molar-refractivity contribution in [2.75, 3.05) is 0 Å². The van der Waals surface area contributed by atoms with Gasteiger partial charge in [0.15, 0.2) is 0 Å². The summed E-state index contributed by atoms with van der Waals surface area (Å²) in [6, 6.07) is 0. The van der Waals surface area contributed by atoms with E-state index in [9.17, 15) is 18.0 Å². The maximum absolute atomic E-state index is 12.2. The second-order valence-corrected chi connectivity index (χ2v) is 3.50. The summed E-state index contributed by atoms with van der Waals surface area (Å²) in [5.74, 6) is -3.03. The number of nitrogens with zero attached hydrogens (tertiary/aromatic N) is 1. The van der Waals surface area contributed by atoms with Crippen LogP contribution in [0, 0.1) is 12.8 Å². The van der Waals surface area contributed by atoms with Gasteiger partial charge in [-0.3, -0.25) is 9.89 Å². The van der Waals surface area contributed by atoms with Gasteiger partial charge in [0.25, 0.3) is 0 Å². The highest BCUT2D eigenvalue weighted by Crippen LogP contribution is 2.25. The molecule has 0 aromatic carbocycles. The fourth-order valence-corrected chi connectivity index (χ4v) is 1.04. The minimum Gasteiger partial charge on any atom is -0.351 e. The number of rotatable bonds is 3. The maximum atomic E-state index is 12.2. The Bertz CT molecular complexity index is 372. The lowest BCUT2D eigenvalue weighted by atomic mass is 10.1. The lowest BCUT2D eigenvalue weighted by molar-refractivity contribution is -0.178. The van der Waals surface area contributed by atoms with Gasteiger partial charge in [0, 0.05) is 17.8 Å². The van der Waals surface area contributed by atoms with E-state index in [1.165, 1.54) is 6.20 Å². The number of aromatic nitrogens is 2. The van der Waals surface area contributed by atoms with E-state index < -0.39 is 18.0 Å². The molecule has 7 heteroatoms. The van der Waals surface area contributed by atoms with Gasteiger partial charge >= 0.3 is 6.18 Å². The van der Waals surface area contributed by atoms with Crippen LogP contribution >= 0.6 is 0 Å². The quantitative estimate of drug-likeness (QED) is 0.834. The number of amides is 1. The van der Waals surface area contributed by atoms with E-state index in [1.54, 1.807) is 6.92 Å². The Morgan fingerprint density at radius 2 is 2.25 bits per heavy atom. The Morgan fingerprint density at radius 3 is 2.69 bits per heavy atom. The summed E-state index contributed by atoms with van der Waals surface area (Å²) in [6.07, 6.45) is -3.04. The van der Waals surface area contributed by atoms with E-state index in [0.717, 1.165) is 12.6 Å². The Balaban J connectivity index is 2.51. The molecule has 0 unspecified atom stereocenters. The van der Waals surface area contributed by atoms with Gasteiger partial charge in [-0.2, -0.15) is 18.3 Å². The molecule has 1 amide bonds. The highest BCUT2D eigenvalue weighted by Gasteiger charge is 2.40. The summed E-state index contributed by atoms with van der Waals surface area (Å²) in [5, 5.41) is 8.54. The third-order valence-corrected chi connectivity index (χ3v) is 2.27. The highest BCUT2D eigenvalue weighted by molar-refractivity contribution is 5.79. The zero-order valence-corrected chi connectivity index (χ0v) is 8.85. The first kappa shape index (κ1) is 12.5. The molecule has 90 valence electrons. The Hall–Kier alpha value is -1.53. The molecule has 1 atom stereocenters. The Kier molecular flexibility index (Phi) is 3.56. The molecule has 0 saturated heterocycles. The monoisotopic (exact) mass is 235 g/mol. The minimum absolute atomic E-state index is 0.0432. The molecule has 0 bridgehead atoms. The predicted molar refractivity (Wildman–Crippen MR) is 50.4 cm³/mol. The molecule has 0 spiro atoms. The average molecular weight is 235 g/mol. The van der Waals surface area contributed by atoms with Crippen LogP contribution in [-0.2, 0) is 11.3 Å². The lowest BCUT2D eigenvalue weighted by Crippen LogP contribution is -2.37. The summed E-state index contributed by atoms with van der Waals surface area (Å²) < 4.78 is 36.5. The number of nitrogens with one attached hydrogen (secondary N) is 2. The summed E-state index contributed by atoms with van der Waals surface area (Å²) in [7, 11) is 0. The first-order chi connectivity index (χ1) is 7.32. The van der Waals surface area contributed by atoms with Crippen molar-refractivity contribution < 1.29 is 18.0 Å². The number of carbonyl (C=O) groups excluding carboxylic acids is 1. The number of halogens is 3. The Labute approximate surface area is 90.2 Å². The molecule has 0 aliphatic rings. The smallest absolute Gasteiger partial charge is 0.351 e. The van der Waals surface area contributed by atoms with Gasteiger partial charge < -0.3 is 5.32 Å². The largest absolute Gasteiger partial charge is 0.400 e. The fraction of sp³-hybridized carbons (Fsp3) is 0.556. The molecule has 1 aromatic heterocycles. The molecular formula is C9H12F3N3O. The van der Waals surface area contributed by atoms with Crippen molar-refractivity contribution in [1.29, 1.82) is 0 Å². The summed E-state index contributed by atoms with van der Waals surface area (Å²) in [6.45, 7) is 2.60. The van der Waals surface area contributed by atoms with E-state index in [4.69, 9.17) is 0 Å². The van der Waals surface area contributed by atoms with Crippen molar-refractivity contribution in [2.45, 2.75) is 26.6 Å². The van der Waals surface area contributed by atoms with Crippen LogP contribution in [0.2, 0.25) is 0 Å². The molecular weight excluding hydrogens is 223 g/mol. The second-order valence-electron chi connectivity index (χ2n) is 3.50. The van der Waals surface area contributed by atoms with E-state index in [1.807, 2.05) is 0 Å². The van der Waals surface area contributed by atoms with Crippen molar-refractivity contribution in [3.63, 3.8) is 0 Å². The van der Waals surface area contributed by atoms with Crippen LogP contribution in [0.3, 0.4) is 0 Å². The highest BCUT2D eigenvalue weighted by atomic mass is 19.4. The summed E-state index contributed by atoms with van der Waals surface area (Å²) >= 11 is 0. The maximum Gasteiger partial charge on any atom is 0.400 e. The van der Waals surface area contributed by atoms with Gasteiger partial charge in [0.05, 0.1) is 6.20 Å². The Morgan fingerprint density at radius 1 is 1.62 bits per heavy atom. The van der Waals surface area contributed by atoms with Gasteiger partial charge in [0.1, 0.15) is 5.92 Å². The average Bonchev–Trinajstić information content (AvgIpc) is 2.58. The molecule has 0 fully saturated rings. The second kappa shape index (κ2) is 4.54. The van der Waals surface area contributed by atoms with Crippen molar-refractivity contribution in [3.8, 4) is 0 Å². The van der Waals surface area contributed by atoms with Crippen LogP contribution in [0.1, 0.15) is 18.2 Å². The molecule has 0 saturated carbocycles. The first-order valence-electron chi connectivity index (χ1n) is 4.65. The van der Waals surface area contributed by atoms with Crippen LogP contribution in [0.25, 0.3) is 0 Å². The van der Waals surface area contributed by atoms with Gasteiger partial charge in [-0.15, -0.1) is 0 Å². The molecule has 16 heavy (non-hydrogen) atoms. The van der Waals surface area contributed by atoms with Crippen LogP contribution < -0.4 is 5.32 Å². The summed E-state index contributed by atoms with van der Waals surface area (Å²) in [4.78, 5) is 11.1. The lowest BCUT2D eigenvalue weighted by Gasteiger charge is -2.14. The predicted octanol–water partition coefficient (Wildman–Crippen LogP) is 1.53. The number of hydrogen-bond acceptors (Lipinski definition) is 2. The normalized spacial score (nSPS) is 13.6. The van der Waals surface area contributed by atoms with Gasteiger partial charge in [-0.1, -0.05) is 0 Å². The SMILES string of the molecule is Cc1[nH]ncc1CNC(=O)[C@@H](C)C(F)(F)F. The van der Waals surface area contributed by atoms with Crippen LogP contribution in [0.5, 0.6) is 0 Å². The van der Waals surface area contributed by atoms with Crippen molar-refractivity contribution in [1.82, 2.24) is 15.5 Å². The molecule has 1 aromatic rings. The zero-order valence-electron chi connectivity index (χ0n) is 8.85. The van der Waals surface area contributed by atoms with E-state index in [0.29, 0.717) is 5.56 Å². The van der Waals surface area contributed by atoms with Crippen molar-refractivity contribution in [2.24, 2.45) is 5.92 Å². The molecule has 0 radical (unpaired) electrons. The van der Waals surface area contributed by atoms with Crippen molar-refractivity contribution >= 4 is 5.91 Å². The first-order valence-corrected chi connectivity index (χ1v) is 4.65. The number of hydrogen-bond donors (Lipinski definition) is 2. The molecule has 1 rings (SSSR count). The van der Waals surface area contributed by atoms with Crippen LogP contribution in [0.15, 0.2) is 6.20 Å². The molecule has 4 nitrogen and oxygen atoms in total. The third kappa shape index (κ3) is 2.98. The molecule has 0 aliphatic heterocycles. The topological polar surface area (TPSA) is 57.8 Å². The molecule has 0 aliphatic carbocycles. The number of H-pyrrole nitrogens is 1. The van der Waals surface area contributed by atoms with Crippen LogP contribution in [0.4, 0.5) is 13.2 Å². The van der Waals surface area contributed by atoms with Gasteiger partial charge in [-0.05, 0) is 13.8 Å². The number of aryl methyl sites for hydroxylation is 1. The fourth-order valence-electron chi connectivity index (χ4n) is 1.04.